The molecule has 1 aromatic rings. The van der Waals surface area contributed by atoms with Crippen LogP contribution in [0.25, 0.3) is 0 Å². The molecule has 2 heterocycles. The first-order valence-corrected chi connectivity index (χ1v) is 7.43. The molecule has 0 radical (unpaired) electrons. The predicted molar refractivity (Wildman–Crippen MR) is 68.4 cm³/mol. The molecule has 17 heavy (non-hydrogen) atoms. The average Bonchev–Trinajstić information content (AvgIpc) is 3.00. The molecule has 0 saturated carbocycles. The second-order valence-electron chi connectivity index (χ2n) is 4.49. The van der Waals surface area contributed by atoms with Crippen LogP contribution in [-0.2, 0) is 4.74 Å². The second-order valence-corrected chi connectivity index (χ2v) is 5.60. The minimum absolute atomic E-state index is 0.0415. The summed E-state index contributed by atoms with van der Waals surface area (Å²) in [6.45, 7) is 3.98. The van der Waals surface area contributed by atoms with Gasteiger partial charge in [-0.15, -0.1) is 0 Å². The molecule has 5 heteroatoms. The van der Waals surface area contributed by atoms with Crippen molar-refractivity contribution in [2.75, 3.05) is 18.5 Å². The van der Waals surface area contributed by atoms with Crippen LogP contribution in [0, 0.1) is 5.92 Å². The molecule has 0 spiro atoms. The van der Waals surface area contributed by atoms with Gasteiger partial charge in [0.15, 0.2) is 0 Å². The summed E-state index contributed by atoms with van der Waals surface area (Å²) in [5, 5.41) is 3.56. The van der Waals surface area contributed by atoms with Crippen LogP contribution in [0.2, 0.25) is 0 Å². The monoisotopic (exact) mass is 297 g/mol. The fraction of sp³-hybridized carbons (Fsp3) is 0.500. The van der Waals surface area contributed by atoms with Crippen molar-refractivity contribution in [2.45, 2.75) is 19.4 Å². The van der Waals surface area contributed by atoms with Gasteiger partial charge in [-0.05, 0) is 0 Å². The molecular formula is C12H15N3OSe. The van der Waals surface area contributed by atoms with Crippen LogP contribution in [-0.4, -0.2) is 33.8 Å². The molecule has 3 rings (SSSR count). The van der Waals surface area contributed by atoms with E-state index in [2.05, 4.69) is 26.2 Å². The van der Waals surface area contributed by atoms with Gasteiger partial charge in [-0.25, -0.2) is 0 Å². The Morgan fingerprint density at radius 3 is 3.24 bits per heavy atom. The molecule has 0 bridgehead atoms. The summed E-state index contributed by atoms with van der Waals surface area (Å²) < 4.78 is 14.3. The molecule has 0 aliphatic carbocycles. The first-order chi connectivity index (χ1) is 8.34. The van der Waals surface area contributed by atoms with E-state index in [4.69, 9.17) is 4.74 Å². The maximum atomic E-state index is 5.43. The van der Waals surface area contributed by atoms with Crippen LogP contribution >= 0.6 is 0 Å². The Bertz CT molecular complexity index is 491. The van der Waals surface area contributed by atoms with Crippen molar-refractivity contribution in [3.8, 4) is 0 Å². The van der Waals surface area contributed by atoms with Crippen LogP contribution in [0.5, 0.6) is 0 Å². The van der Waals surface area contributed by atoms with E-state index < -0.39 is 0 Å². The standard InChI is InChI=1S/C12H15N3OSe/c1-8(9-5-6-16-7-9)13-10-3-2-4-11-12(10)15-17-14-11/h2-4,8-9,13H,5-7H2,1H3. The van der Waals surface area contributed by atoms with E-state index in [9.17, 15) is 0 Å². The Balaban J connectivity index is 1.77. The summed E-state index contributed by atoms with van der Waals surface area (Å²) in [6.07, 6.45) is 1.15. The van der Waals surface area contributed by atoms with Crippen molar-refractivity contribution in [1.29, 1.82) is 0 Å². The number of hydrogen-bond acceptors (Lipinski definition) is 4. The molecule has 0 amide bonds. The Kier molecular flexibility index (Phi) is 3.14. The molecule has 90 valence electrons. The van der Waals surface area contributed by atoms with Gasteiger partial charge < -0.3 is 0 Å². The van der Waals surface area contributed by atoms with E-state index in [-0.39, 0.29) is 14.6 Å². The van der Waals surface area contributed by atoms with Crippen molar-refractivity contribution in [3.63, 3.8) is 0 Å². The molecule has 1 fully saturated rings. The molecule has 2 aliphatic heterocycles. The molecule has 4 nitrogen and oxygen atoms in total. The Morgan fingerprint density at radius 2 is 2.41 bits per heavy atom. The van der Waals surface area contributed by atoms with Crippen molar-refractivity contribution in [1.82, 2.24) is 0 Å². The summed E-state index contributed by atoms with van der Waals surface area (Å²) in [5.41, 5.74) is 3.19. The zero-order valence-corrected chi connectivity index (χ0v) is 11.4. The third-order valence-corrected chi connectivity index (χ3v) is 4.48. The first-order valence-electron chi connectivity index (χ1n) is 5.90. The number of anilines is 1. The van der Waals surface area contributed by atoms with Gasteiger partial charge in [0.1, 0.15) is 0 Å². The predicted octanol–water partition coefficient (Wildman–Crippen LogP) is 2.87. The molecule has 2 atom stereocenters. The van der Waals surface area contributed by atoms with Crippen LogP contribution in [0.3, 0.4) is 0 Å². The number of benzene rings is 1. The van der Waals surface area contributed by atoms with E-state index in [1.807, 2.05) is 12.1 Å². The fourth-order valence-corrected chi connectivity index (χ4v) is 3.39. The van der Waals surface area contributed by atoms with Gasteiger partial charge in [-0.2, -0.15) is 0 Å². The normalized spacial score (nSPS) is 23.2. The van der Waals surface area contributed by atoms with Crippen LogP contribution in [0.15, 0.2) is 26.1 Å². The molecule has 1 N–H and O–H groups in total. The molecule has 1 aromatic carbocycles. The van der Waals surface area contributed by atoms with Crippen molar-refractivity contribution < 1.29 is 4.74 Å². The van der Waals surface area contributed by atoms with Gasteiger partial charge in [0, 0.05) is 0 Å². The third-order valence-electron chi connectivity index (χ3n) is 3.34. The number of hydrogen-bond donors (Lipinski definition) is 1. The van der Waals surface area contributed by atoms with Crippen molar-refractivity contribution in [3.05, 3.63) is 18.2 Å². The molecular weight excluding hydrogens is 281 g/mol. The van der Waals surface area contributed by atoms with Gasteiger partial charge in [-0.3, -0.25) is 0 Å². The number of rotatable bonds is 3. The fourth-order valence-electron chi connectivity index (χ4n) is 2.23. The first kappa shape index (κ1) is 11.2. The van der Waals surface area contributed by atoms with Crippen molar-refractivity contribution >= 4 is 31.6 Å². The zero-order valence-electron chi connectivity index (χ0n) is 9.72. The molecule has 0 aromatic heterocycles. The SMILES string of the molecule is CC(Nc1cccc2c1N=[Se]=N2)C1CCOC1. The Hall–Kier alpha value is -0.901. The number of nitrogens with one attached hydrogen (secondary N) is 1. The van der Waals surface area contributed by atoms with Gasteiger partial charge >= 0.3 is 106 Å². The summed E-state index contributed by atoms with van der Waals surface area (Å²) in [6, 6.07) is 6.58. The van der Waals surface area contributed by atoms with Gasteiger partial charge in [0.05, 0.1) is 0 Å². The van der Waals surface area contributed by atoms with E-state index in [0.29, 0.717) is 12.0 Å². The Morgan fingerprint density at radius 1 is 1.47 bits per heavy atom. The summed E-state index contributed by atoms with van der Waals surface area (Å²) in [4.78, 5) is 0. The van der Waals surface area contributed by atoms with E-state index in [0.717, 1.165) is 36.7 Å². The van der Waals surface area contributed by atoms with Gasteiger partial charge in [0.2, 0.25) is 0 Å². The van der Waals surface area contributed by atoms with Crippen LogP contribution in [0.4, 0.5) is 17.1 Å². The van der Waals surface area contributed by atoms with Crippen LogP contribution in [0.1, 0.15) is 13.3 Å². The van der Waals surface area contributed by atoms with Crippen molar-refractivity contribution in [2.24, 2.45) is 13.8 Å². The zero-order chi connectivity index (χ0) is 11.7. The minimum atomic E-state index is 0.0415. The van der Waals surface area contributed by atoms with Crippen LogP contribution < -0.4 is 5.32 Å². The summed E-state index contributed by atoms with van der Waals surface area (Å²) in [7, 11) is 0. The third kappa shape index (κ3) is 2.23. The molecule has 2 unspecified atom stereocenters. The second kappa shape index (κ2) is 4.76. The quantitative estimate of drug-likeness (QED) is 0.885. The van der Waals surface area contributed by atoms with Gasteiger partial charge in [0.25, 0.3) is 0 Å². The van der Waals surface area contributed by atoms with E-state index in [1.54, 1.807) is 0 Å². The van der Waals surface area contributed by atoms with E-state index >= 15 is 0 Å². The number of fused-ring (bicyclic) bond motifs is 1. The van der Waals surface area contributed by atoms with Gasteiger partial charge in [-0.1, -0.05) is 0 Å². The number of ether oxygens (including phenoxy) is 1. The molecule has 1 saturated heterocycles. The van der Waals surface area contributed by atoms with E-state index in [1.165, 1.54) is 0 Å². The maximum absolute atomic E-state index is 5.43. The summed E-state index contributed by atoms with van der Waals surface area (Å²) in [5.74, 6) is 0.606. The number of nitrogens with zero attached hydrogens (tertiary/aromatic N) is 2. The summed E-state index contributed by atoms with van der Waals surface area (Å²) >= 11 is 0.0415. The topological polar surface area (TPSA) is 46.0 Å². The average molecular weight is 296 g/mol. The molecule has 2 aliphatic rings. The Labute approximate surface area is 107 Å².